The number of methoxy groups -OCH3 is 2. The molecule has 12 heavy (non-hydrogen) atoms. The summed E-state index contributed by atoms with van der Waals surface area (Å²) >= 11 is 0. The van der Waals surface area contributed by atoms with Crippen LogP contribution in [-0.4, -0.2) is 26.0 Å². The van der Waals surface area contributed by atoms with Crippen molar-refractivity contribution in [2.24, 2.45) is 16.1 Å². The minimum absolute atomic E-state index is 0.239. The zero-order chi connectivity index (χ0) is 9.56. The summed E-state index contributed by atoms with van der Waals surface area (Å²) in [6, 6.07) is 0. The molecule has 0 aliphatic rings. The first-order chi connectivity index (χ1) is 5.61. The molecule has 0 N–H and O–H groups in total. The molecule has 0 aromatic heterocycles. The lowest BCUT2D eigenvalue weighted by molar-refractivity contribution is 0.370. The van der Waals surface area contributed by atoms with Gasteiger partial charge in [0.2, 0.25) is 11.8 Å². The monoisotopic (exact) mass is 172 g/mol. The molecule has 0 saturated carbocycles. The summed E-state index contributed by atoms with van der Waals surface area (Å²) in [5, 5.41) is 7.66. The van der Waals surface area contributed by atoms with Crippen molar-refractivity contribution in [3.8, 4) is 0 Å². The number of rotatable bonds is 2. The van der Waals surface area contributed by atoms with Gasteiger partial charge in [-0.25, -0.2) is 0 Å². The van der Waals surface area contributed by atoms with E-state index in [1.54, 1.807) is 21.1 Å². The first kappa shape index (κ1) is 10.9. The van der Waals surface area contributed by atoms with E-state index in [-0.39, 0.29) is 5.92 Å². The minimum Gasteiger partial charge on any atom is -0.483 e. The molecular formula is C8H16N2O2. The van der Waals surface area contributed by atoms with Gasteiger partial charge in [-0.2, -0.15) is 0 Å². The van der Waals surface area contributed by atoms with Crippen molar-refractivity contribution in [2.75, 3.05) is 14.2 Å². The van der Waals surface area contributed by atoms with E-state index in [1.807, 2.05) is 13.8 Å². The van der Waals surface area contributed by atoms with Gasteiger partial charge in [-0.1, -0.05) is 13.8 Å². The molecule has 0 rings (SSSR count). The number of nitrogens with zero attached hydrogens (tertiary/aromatic N) is 2. The molecule has 0 heterocycles. The SMILES string of the molecule is CO/C(=N\N=C(/C)OC)C(C)C. The third-order valence-electron chi connectivity index (χ3n) is 1.29. The van der Waals surface area contributed by atoms with Crippen LogP contribution in [0.15, 0.2) is 10.2 Å². The van der Waals surface area contributed by atoms with E-state index in [0.29, 0.717) is 11.8 Å². The molecule has 0 aromatic rings. The summed E-state index contributed by atoms with van der Waals surface area (Å²) in [5.41, 5.74) is 0. The van der Waals surface area contributed by atoms with Crippen LogP contribution < -0.4 is 0 Å². The van der Waals surface area contributed by atoms with Crippen LogP contribution in [0.3, 0.4) is 0 Å². The molecule has 0 spiro atoms. The Bertz CT molecular complexity index is 185. The predicted molar refractivity (Wildman–Crippen MR) is 49.4 cm³/mol. The van der Waals surface area contributed by atoms with Gasteiger partial charge in [-0.15, -0.1) is 10.2 Å². The molecule has 0 saturated heterocycles. The van der Waals surface area contributed by atoms with Crippen LogP contribution in [-0.2, 0) is 9.47 Å². The molecule has 70 valence electrons. The Kier molecular flexibility index (Phi) is 5.08. The Balaban J connectivity index is 4.30. The first-order valence-corrected chi connectivity index (χ1v) is 3.82. The fraction of sp³-hybridized carbons (Fsp3) is 0.750. The second-order valence-electron chi connectivity index (χ2n) is 2.62. The van der Waals surface area contributed by atoms with E-state index in [0.717, 1.165) is 0 Å². The zero-order valence-corrected chi connectivity index (χ0v) is 8.29. The molecule has 0 aliphatic carbocycles. The normalized spacial score (nSPS) is 13.5. The first-order valence-electron chi connectivity index (χ1n) is 3.82. The Hall–Kier alpha value is -1.06. The minimum atomic E-state index is 0.239. The predicted octanol–water partition coefficient (Wildman–Crippen LogP) is 1.67. The van der Waals surface area contributed by atoms with Gasteiger partial charge in [-0.3, -0.25) is 0 Å². The summed E-state index contributed by atoms with van der Waals surface area (Å²) < 4.78 is 9.81. The van der Waals surface area contributed by atoms with Gasteiger partial charge in [0, 0.05) is 12.8 Å². The highest BCUT2D eigenvalue weighted by atomic mass is 16.5. The van der Waals surface area contributed by atoms with Crippen molar-refractivity contribution in [1.29, 1.82) is 0 Å². The van der Waals surface area contributed by atoms with Crippen molar-refractivity contribution in [3.63, 3.8) is 0 Å². The standard InChI is InChI=1S/C8H16N2O2/c1-6(2)8(12-5)10-9-7(3)11-4/h6H,1-5H3/b9-7+,10-8-. The molecule has 0 radical (unpaired) electrons. The van der Waals surface area contributed by atoms with Crippen LogP contribution in [0.2, 0.25) is 0 Å². The van der Waals surface area contributed by atoms with Gasteiger partial charge in [0.1, 0.15) is 0 Å². The lowest BCUT2D eigenvalue weighted by Gasteiger charge is -2.05. The number of hydrogen-bond donors (Lipinski definition) is 0. The van der Waals surface area contributed by atoms with Gasteiger partial charge in [0.05, 0.1) is 14.2 Å². The quantitative estimate of drug-likeness (QED) is 0.361. The smallest absolute Gasteiger partial charge is 0.210 e. The maximum Gasteiger partial charge on any atom is 0.210 e. The van der Waals surface area contributed by atoms with E-state index >= 15 is 0 Å². The average molecular weight is 172 g/mol. The summed E-state index contributed by atoms with van der Waals surface area (Å²) in [6.07, 6.45) is 0. The Morgan fingerprint density at radius 3 is 2.00 bits per heavy atom. The average Bonchev–Trinajstić information content (AvgIpc) is 2.04. The van der Waals surface area contributed by atoms with Crippen LogP contribution in [0.1, 0.15) is 20.8 Å². The van der Waals surface area contributed by atoms with Crippen LogP contribution in [0.4, 0.5) is 0 Å². The van der Waals surface area contributed by atoms with Crippen molar-refractivity contribution in [1.82, 2.24) is 0 Å². The third-order valence-corrected chi connectivity index (χ3v) is 1.29. The van der Waals surface area contributed by atoms with Crippen molar-refractivity contribution >= 4 is 11.8 Å². The molecule has 4 heteroatoms. The van der Waals surface area contributed by atoms with Crippen molar-refractivity contribution < 1.29 is 9.47 Å². The van der Waals surface area contributed by atoms with E-state index in [9.17, 15) is 0 Å². The molecule has 0 unspecified atom stereocenters. The van der Waals surface area contributed by atoms with Gasteiger partial charge in [-0.05, 0) is 0 Å². The summed E-state index contributed by atoms with van der Waals surface area (Å²) in [7, 11) is 3.13. The van der Waals surface area contributed by atoms with Crippen molar-refractivity contribution in [2.45, 2.75) is 20.8 Å². The van der Waals surface area contributed by atoms with Crippen molar-refractivity contribution in [3.05, 3.63) is 0 Å². The third kappa shape index (κ3) is 3.95. The summed E-state index contributed by atoms with van der Waals surface area (Å²) in [4.78, 5) is 0. The maximum atomic E-state index is 4.99. The largest absolute Gasteiger partial charge is 0.483 e. The number of ether oxygens (including phenoxy) is 2. The molecule has 0 atom stereocenters. The van der Waals surface area contributed by atoms with Gasteiger partial charge < -0.3 is 9.47 Å². The summed E-state index contributed by atoms with van der Waals surface area (Å²) in [6.45, 7) is 5.71. The van der Waals surface area contributed by atoms with E-state index in [4.69, 9.17) is 9.47 Å². The number of hydrogen-bond acceptors (Lipinski definition) is 4. The zero-order valence-electron chi connectivity index (χ0n) is 8.29. The molecule has 0 aliphatic heterocycles. The lowest BCUT2D eigenvalue weighted by Crippen LogP contribution is -2.09. The van der Waals surface area contributed by atoms with Gasteiger partial charge >= 0.3 is 0 Å². The highest BCUT2D eigenvalue weighted by Crippen LogP contribution is 1.98. The van der Waals surface area contributed by atoms with Crippen LogP contribution in [0.25, 0.3) is 0 Å². The van der Waals surface area contributed by atoms with Crippen LogP contribution in [0.5, 0.6) is 0 Å². The molecule has 0 bridgehead atoms. The Morgan fingerprint density at radius 2 is 1.67 bits per heavy atom. The fourth-order valence-corrected chi connectivity index (χ4v) is 0.553. The van der Waals surface area contributed by atoms with Gasteiger partial charge in [0.15, 0.2) is 0 Å². The van der Waals surface area contributed by atoms with E-state index < -0.39 is 0 Å². The highest BCUT2D eigenvalue weighted by molar-refractivity contribution is 5.79. The molecule has 4 nitrogen and oxygen atoms in total. The maximum absolute atomic E-state index is 4.99. The van der Waals surface area contributed by atoms with E-state index in [1.165, 1.54) is 0 Å². The van der Waals surface area contributed by atoms with Crippen LogP contribution in [0, 0.1) is 5.92 Å². The van der Waals surface area contributed by atoms with E-state index in [2.05, 4.69) is 10.2 Å². The Labute approximate surface area is 73.3 Å². The fourth-order valence-electron chi connectivity index (χ4n) is 0.553. The molecule has 0 fully saturated rings. The van der Waals surface area contributed by atoms with Crippen LogP contribution >= 0.6 is 0 Å². The molecule has 0 amide bonds. The highest BCUT2D eigenvalue weighted by Gasteiger charge is 2.03. The lowest BCUT2D eigenvalue weighted by atomic mass is 10.2. The second-order valence-corrected chi connectivity index (χ2v) is 2.62. The van der Waals surface area contributed by atoms with Gasteiger partial charge in [0.25, 0.3) is 0 Å². The second kappa shape index (κ2) is 5.57. The molecular weight excluding hydrogens is 156 g/mol. The molecule has 0 aromatic carbocycles. The topological polar surface area (TPSA) is 43.2 Å². The Morgan fingerprint density at radius 1 is 1.08 bits per heavy atom. The summed E-state index contributed by atoms with van der Waals surface area (Å²) in [5.74, 6) is 1.36.